The fourth-order valence-corrected chi connectivity index (χ4v) is 3.17. The van der Waals surface area contributed by atoms with Crippen LogP contribution in [0.3, 0.4) is 0 Å². The molecule has 2 N–H and O–H groups in total. The minimum absolute atomic E-state index is 0.0614. The number of carbonyl (C=O) groups excluding carboxylic acids is 1. The van der Waals surface area contributed by atoms with E-state index in [-0.39, 0.29) is 11.6 Å². The second-order valence-electron chi connectivity index (χ2n) is 7.09. The van der Waals surface area contributed by atoms with E-state index in [0.29, 0.717) is 23.0 Å². The molecule has 0 spiro atoms. The Morgan fingerprint density at radius 1 is 1.17 bits per heavy atom. The van der Waals surface area contributed by atoms with Crippen molar-refractivity contribution < 1.29 is 9.32 Å². The Bertz CT molecular complexity index is 1270. The number of benzene rings is 2. The molecule has 2 heterocycles. The lowest BCUT2D eigenvalue weighted by atomic mass is 10.0. The summed E-state index contributed by atoms with van der Waals surface area (Å²) >= 11 is 0. The number of carbonyl (C=O) groups is 1. The van der Waals surface area contributed by atoms with E-state index in [9.17, 15) is 9.59 Å². The fraction of sp³-hybridized carbons (Fsp3) is 0.190. The SMILES string of the molecule is Cc1nc(C(=O)Nc2cccc(-c3noc(=O)[nH]3)c2)nn1-c1ccccc1C(C)C. The quantitative estimate of drug-likeness (QED) is 0.527. The fourth-order valence-electron chi connectivity index (χ4n) is 3.17. The summed E-state index contributed by atoms with van der Waals surface area (Å²) in [5, 5.41) is 10.9. The van der Waals surface area contributed by atoms with Gasteiger partial charge in [0.25, 0.3) is 5.91 Å². The van der Waals surface area contributed by atoms with Crippen molar-refractivity contribution in [3.63, 3.8) is 0 Å². The largest absolute Gasteiger partial charge is 0.439 e. The van der Waals surface area contributed by atoms with E-state index in [1.54, 1.807) is 28.9 Å². The maximum Gasteiger partial charge on any atom is 0.439 e. The van der Waals surface area contributed by atoms with Gasteiger partial charge in [-0.15, -0.1) is 5.10 Å². The molecule has 1 amide bonds. The molecule has 0 fully saturated rings. The van der Waals surface area contributed by atoms with Gasteiger partial charge in [0, 0.05) is 11.3 Å². The Morgan fingerprint density at radius 3 is 2.70 bits per heavy atom. The smallest absolute Gasteiger partial charge is 0.319 e. The van der Waals surface area contributed by atoms with Crippen LogP contribution in [0, 0.1) is 6.92 Å². The van der Waals surface area contributed by atoms with Crippen LogP contribution in [0.5, 0.6) is 0 Å². The van der Waals surface area contributed by atoms with E-state index in [1.807, 2.05) is 31.2 Å². The number of hydrogen-bond donors (Lipinski definition) is 2. The van der Waals surface area contributed by atoms with Crippen molar-refractivity contribution in [2.45, 2.75) is 26.7 Å². The number of aryl methyl sites for hydroxylation is 1. The van der Waals surface area contributed by atoms with Gasteiger partial charge in [0.1, 0.15) is 5.82 Å². The number of hydrogen-bond acceptors (Lipinski definition) is 6. The van der Waals surface area contributed by atoms with Crippen LogP contribution in [-0.2, 0) is 0 Å². The highest BCUT2D eigenvalue weighted by molar-refractivity contribution is 6.01. The molecule has 0 saturated carbocycles. The zero-order chi connectivity index (χ0) is 21.3. The first-order valence-electron chi connectivity index (χ1n) is 9.43. The van der Waals surface area contributed by atoms with Crippen LogP contribution in [0.2, 0.25) is 0 Å². The summed E-state index contributed by atoms with van der Waals surface area (Å²) in [6.07, 6.45) is 0. The lowest BCUT2D eigenvalue weighted by Gasteiger charge is -2.12. The van der Waals surface area contributed by atoms with Crippen LogP contribution in [-0.4, -0.2) is 30.8 Å². The summed E-state index contributed by atoms with van der Waals surface area (Å²) < 4.78 is 6.20. The van der Waals surface area contributed by atoms with Gasteiger partial charge in [-0.2, -0.15) is 0 Å². The molecule has 2 aromatic carbocycles. The van der Waals surface area contributed by atoms with E-state index < -0.39 is 11.7 Å². The van der Waals surface area contributed by atoms with Gasteiger partial charge in [-0.25, -0.2) is 14.5 Å². The average Bonchev–Trinajstić information content (AvgIpc) is 3.34. The summed E-state index contributed by atoms with van der Waals surface area (Å²) in [6, 6.07) is 14.8. The molecule has 30 heavy (non-hydrogen) atoms. The van der Waals surface area contributed by atoms with E-state index in [4.69, 9.17) is 0 Å². The highest BCUT2D eigenvalue weighted by Gasteiger charge is 2.18. The number of amides is 1. The third-order valence-electron chi connectivity index (χ3n) is 4.59. The molecular formula is C21H20N6O3. The molecule has 0 atom stereocenters. The number of aromatic amines is 1. The van der Waals surface area contributed by atoms with Crippen molar-refractivity contribution in [1.82, 2.24) is 24.9 Å². The summed E-state index contributed by atoms with van der Waals surface area (Å²) in [4.78, 5) is 30.7. The maximum atomic E-state index is 12.7. The van der Waals surface area contributed by atoms with E-state index in [0.717, 1.165) is 11.3 Å². The van der Waals surface area contributed by atoms with Gasteiger partial charge in [0.15, 0.2) is 5.82 Å². The summed E-state index contributed by atoms with van der Waals surface area (Å²) in [5.41, 5.74) is 3.12. The van der Waals surface area contributed by atoms with Crippen LogP contribution in [0.4, 0.5) is 5.69 Å². The second kappa shape index (κ2) is 7.78. The number of nitrogens with zero attached hydrogens (tertiary/aromatic N) is 4. The minimum Gasteiger partial charge on any atom is -0.319 e. The van der Waals surface area contributed by atoms with Gasteiger partial charge in [-0.1, -0.05) is 49.3 Å². The Hall–Kier alpha value is -4.01. The van der Waals surface area contributed by atoms with Gasteiger partial charge in [0.05, 0.1) is 5.69 Å². The monoisotopic (exact) mass is 404 g/mol. The molecule has 2 aromatic heterocycles. The van der Waals surface area contributed by atoms with Crippen LogP contribution >= 0.6 is 0 Å². The van der Waals surface area contributed by atoms with Crippen molar-refractivity contribution in [2.75, 3.05) is 5.32 Å². The lowest BCUT2D eigenvalue weighted by Crippen LogP contribution is -2.14. The molecule has 0 radical (unpaired) electrons. The molecule has 152 valence electrons. The van der Waals surface area contributed by atoms with Gasteiger partial charge in [-0.05, 0) is 36.6 Å². The topological polar surface area (TPSA) is 119 Å². The predicted octanol–water partition coefficient (Wildman–Crippen LogP) is 3.29. The number of H-pyrrole nitrogens is 1. The van der Waals surface area contributed by atoms with Gasteiger partial charge in [-0.3, -0.25) is 14.3 Å². The van der Waals surface area contributed by atoms with Gasteiger partial charge < -0.3 is 5.32 Å². The first-order chi connectivity index (χ1) is 14.4. The summed E-state index contributed by atoms with van der Waals surface area (Å²) in [6.45, 7) is 6.02. The Morgan fingerprint density at radius 2 is 1.97 bits per heavy atom. The molecule has 0 aliphatic rings. The number of nitrogens with one attached hydrogen (secondary N) is 2. The summed E-state index contributed by atoms with van der Waals surface area (Å²) in [7, 11) is 0. The maximum absolute atomic E-state index is 12.7. The normalized spacial score (nSPS) is 11.1. The zero-order valence-corrected chi connectivity index (χ0v) is 16.7. The zero-order valence-electron chi connectivity index (χ0n) is 16.7. The van der Waals surface area contributed by atoms with Gasteiger partial charge in [0.2, 0.25) is 5.82 Å². The number of anilines is 1. The van der Waals surface area contributed by atoms with Crippen molar-refractivity contribution in [3.8, 4) is 17.1 Å². The third kappa shape index (κ3) is 3.77. The predicted molar refractivity (Wildman–Crippen MR) is 111 cm³/mol. The second-order valence-corrected chi connectivity index (χ2v) is 7.09. The molecule has 0 aliphatic heterocycles. The first kappa shape index (κ1) is 19.3. The molecule has 4 rings (SSSR count). The highest BCUT2D eigenvalue weighted by Crippen LogP contribution is 2.23. The van der Waals surface area contributed by atoms with Gasteiger partial charge >= 0.3 is 5.76 Å². The van der Waals surface area contributed by atoms with E-state index >= 15 is 0 Å². The van der Waals surface area contributed by atoms with Crippen LogP contribution in [0.1, 0.15) is 41.8 Å². The molecular weight excluding hydrogens is 384 g/mol. The molecule has 0 unspecified atom stereocenters. The Labute approximate surface area is 171 Å². The van der Waals surface area contributed by atoms with Crippen molar-refractivity contribution in [1.29, 1.82) is 0 Å². The lowest BCUT2D eigenvalue weighted by molar-refractivity contribution is 0.101. The molecule has 9 heteroatoms. The molecule has 4 aromatic rings. The number of aromatic nitrogens is 5. The molecule has 0 aliphatic carbocycles. The molecule has 9 nitrogen and oxygen atoms in total. The summed E-state index contributed by atoms with van der Waals surface area (Å²) in [5.74, 6) is 0.164. The average molecular weight is 404 g/mol. The highest BCUT2D eigenvalue weighted by atomic mass is 16.5. The minimum atomic E-state index is -0.647. The van der Waals surface area contributed by atoms with E-state index in [1.165, 1.54) is 0 Å². The number of para-hydroxylation sites is 1. The number of rotatable bonds is 5. The standard InChI is InChI=1S/C21H20N6O3/c1-12(2)16-9-4-5-10-17(16)27-13(3)22-19(25-27)20(28)23-15-8-6-7-14(11-15)18-24-21(29)30-26-18/h4-12H,1-3H3,(H,23,28)(H,24,26,29). The Kier molecular flexibility index (Phi) is 5.01. The Balaban J connectivity index is 1.60. The van der Waals surface area contributed by atoms with Crippen molar-refractivity contribution >= 4 is 11.6 Å². The van der Waals surface area contributed by atoms with Crippen molar-refractivity contribution in [2.24, 2.45) is 0 Å². The molecule has 0 saturated heterocycles. The van der Waals surface area contributed by atoms with Crippen LogP contribution in [0.25, 0.3) is 17.1 Å². The van der Waals surface area contributed by atoms with Crippen molar-refractivity contribution in [3.05, 3.63) is 76.3 Å². The van der Waals surface area contributed by atoms with Crippen LogP contribution in [0.15, 0.2) is 57.8 Å². The van der Waals surface area contributed by atoms with E-state index in [2.05, 4.69) is 43.9 Å². The van der Waals surface area contributed by atoms with Crippen LogP contribution < -0.4 is 11.1 Å². The first-order valence-corrected chi connectivity index (χ1v) is 9.43. The third-order valence-corrected chi connectivity index (χ3v) is 4.59. The molecule has 0 bridgehead atoms.